The molecule has 220 valence electrons. The van der Waals surface area contributed by atoms with Gasteiger partial charge in [-0.25, -0.2) is 4.98 Å². The minimum Gasteiger partial charge on any atom is -0.308 e. The standard InChI is InChI=1S/C43H26N2S2/c1-2-11-28(12-3-1)42-32-25-26-39-41(40(32)31-13-4-5-16-34(31)44-42)33-15-10-14-30(43(33)47-39)27-21-23-29(24-22-27)45-35-17-6-8-19-37(35)46-38-20-9-7-18-36(38)45/h1-26H. The normalized spacial score (nSPS) is 12.6. The summed E-state index contributed by atoms with van der Waals surface area (Å²) < 4.78 is 2.61. The zero-order valence-electron chi connectivity index (χ0n) is 25.2. The molecule has 1 aliphatic heterocycles. The highest BCUT2D eigenvalue weighted by Gasteiger charge is 2.24. The molecule has 0 N–H and O–H groups in total. The van der Waals surface area contributed by atoms with Crippen LogP contribution in [0.4, 0.5) is 17.1 Å². The van der Waals surface area contributed by atoms with Gasteiger partial charge in [0, 0.05) is 57.4 Å². The minimum absolute atomic E-state index is 1.02. The number of hydrogen-bond donors (Lipinski definition) is 0. The maximum Gasteiger partial charge on any atom is 0.0788 e. The van der Waals surface area contributed by atoms with Crippen molar-refractivity contribution in [2.45, 2.75) is 9.79 Å². The van der Waals surface area contributed by atoms with Crippen LogP contribution in [0.15, 0.2) is 168 Å². The Bertz CT molecular complexity index is 2610. The lowest BCUT2D eigenvalue weighted by Crippen LogP contribution is -2.14. The lowest BCUT2D eigenvalue weighted by atomic mass is 9.95. The number of pyridine rings is 1. The molecule has 2 nitrogen and oxygen atoms in total. The highest BCUT2D eigenvalue weighted by Crippen LogP contribution is 2.52. The Morgan fingerprint density at radius 1 is 0.468 bits per heavy atom. The van der Waals surface area contributed by atoms with Gasteiger partial charge >= 0.3 is 0 Å². The number of hydrogen-bond acceptors (Lipinski definition) is 4. The maximum absolute atomic E-state index is 5.18. The number of para-hydroxylation sites is 3. The van der Waals surface area contributed by atoms with Crippen molar-refractivity contribution in [1.82, 2.24) is 4.98 Å². The topological polar surface area (TPSA) is 16.1 Å². The third-order valence-corrected chi connectivity index (χ3v) is 11.6. The van der Waals surface area contributed by atoms with Crippen molar-refractivity contribution in [1.29, 1.82) is 0 Å². The zero-order valence-corrected chi connectivity index (χ0v) is 26.9. The second-order valence-corrected chi connectivity index (χ2v) is 14.0. The van der Waals surface area contributed by atoms with Gasteiger partial charge in [0.05, 0.1) is 22.6 Å². The number of fused-ring (bicyclic) bond motifs is 9. The Hall–Kier alpha value is -5.42. The molecule has 0 unspecified atom stereocenters. The summed E-state index contributed by atoms with van der Waals surface area (Å²) >= 11 is 3.73. The first-order chi connectivity index (χ1) is 23.3. The van der Waals surface area contributed by atoms with Gasteiger partial charge in [-0.3, -0.25) is 0 Å². The van der Waals surface area contributed by atoms with Gasteiger partial charge in [-0.15, -0.1) is 11.3 Å². The molecule has 0 amide bonds. The largest absolute Gasteiger partial charge is 0.308 e. The van der Waals surface area contributed by atoms with Gasteiger partial charge in [-0.1, -0.05) is 121 Å². The Labute approximate surface area is 280 Å². The van der Waals surface area contributed by atoms with Crippen molar-refractivity contribution in [3.05, 3.63) is 158 Å². The summed E-state index contributed by atoms with van der Waals surface area (Å²) in [6, 6.07) is 57.0. The third kappa shape index (κ3) is 4.15. The summed E-state index contributed by atoms with van der Waals surface area (Å²) in [6.07, 6.45) is 0. The van der Waals surface area contributed by atoms with Crippen LogP contribution in [0.5, 0.6) is 0 Å². The van der Waals surface area contributed by atoms with Crippen LogP contribution < -0.4 is 4.90 Å². The predicted octanol–water partition coefficient (Wildman–Crippen LogP) is 13.0. The first kappa shape index (κ1) is 26.8. The molecular weight excluding hydrogens is 609 g/mol. The van der Waals surface area contributed by atoms with Crippen LogP contribution in [-0.4, -0.2) is 4.98 Å². The van der Waals surface area contributed by atoms with Crippen LogP contribution in [0.2, 0.25) is 0 Å². The van der Waals surface area contributed by atoms with Gasteiger partial charge < -0.3 is 4.90 Å². The number of thiophene rings is 1. The summed E-state index contributed by atoms with van der Waals surface area (Å²) in [5.74, 6) is 0. The quantitative estimate of drug-likeness (QED) is 0.180. The molecule has 2 aromatic heterocycles. The van der Waals surface area contributed by atoms with Crippen LogP contribution in [0.3, 0.4) is 0 Å². The van der Waals surface area contributed by atoms with E-state index in [-0.39, 0.29) is 0 Å². The monoisotopic (exact) mass is 634 g/mol. The molecule has 9 aromatic rings. The van der Waals surface area contributed by atoms with E-state index in [0.717, 1.165) is 22.5 Å². The molecule has 10 rings (SSSR count). The molecule has 0 fully saturated rings. The highest BCUT2D eigenvalue weighted by atomic mass is 32.2. The van der Waals surface area contributed by atoms with E-state index in [4.69, 9.17) is 4.98 Å². The number of aromatic nitrogens is 1. The van der Waals surface area contributed by atoms with Gasteiger partial charge in [-0.05, 0) is 59.7 Å². The number of nitrogens with zero attached hydrogens (tertiary/aromatic N) is 2. The molecule has 0 bridgehead atoms. The number of rotatable bonds is 3. The van der Waals surface area contributed by atoms with Crippen molar-refractivity contribution in [3.8, 4) is 22.4 Å². The highest BCUT2D eigenvalue weighted by molar-refractivity contribution is 7.99. The summed E-state index contributed by atoms with van der Waals surface area (Å²) in [6.45, 7) is 0. The second-order valence-electron chi connectivity index (χ2n) is 11.9. The third-order valence-electron chi connectivity index (χ3n) is 9.24. The fourth-order valence-corrected chi connectivity index (χ4v) is 9.45. The van der Waals surface area contributed by atoms with Crippen molar-refractivity contribution < 1.29 is 0 Å². The van der Waals surface area contributed by atoms with E-state index in [9.17, 15) is 0 Å². The van der Waals surface area contributed by atoms with E-state index in [1.807, 2.05) is 23.1 Å². The molecular formula is C43H26N2S2. The van der Waals surface area contributed by atoms with E-state index in [0.29, 0.717) is 0 Å². The second kappa shape index (κ2) is 10.6. The van der Waals surface area contributed by atoms with Crippen LogP contribution >= 0.6 is 23.1 Å². The Morgan fingerprint density at radius 2 is 1.15 bits per heavy atom. The fraction of sp³-hybridized carbons (Fsp3) is 0. The molecule has 0 aliphatic carbocycles. The summed E-state index contributed by atoms with van der Waals surface area (Å²) in [5, 5.41) is 6.28. The van der Waals surface area contributed by atoms with Crippen LogP contribution in [0, 0.1) is 0 Å². The van der Waals surface area contributed by atoms with E-state index in [1.165, 1.54) is 68.6 Å². The smallest absolute Gasteiger partial charge is 0.0788 e. The first-order valence-electron chi connectivity index (χ1n) is 15.8. The zero-order chi connectivity index (χ0) is 30.9. The van der Waals surface area contributed by atoms with Gasteiger partial charge in [0.1, 0.15) is 0 Å². The Kier molecular flexibility index (Phi) is 6.01. The minimum atomic E-state index is 1.02. The molecule has 3 heterocycles. The van der Waals surface area contributed by atoms with Crippen LogP contribution in [0.1, 0.15) is 0 Å². The summed E-state index contributed by atoms with van der Waals surface area (Å²) in [7, 11) is 0. The first-order valence-corrected chi connectivity index (χ1v) is 17.4. The summed E-state index contributed by atoms with van der Waals surface area (Å²) in [4.78, 5) is 10.1. The lowest BCUT2D eigenvalue weighted by molar-refractivity contribution is 1.17. The Balaban J connectivity index is 1.16. The summed E-state index contributed by atoms with van der Waals surface area (Å²) in [5.41, 5.74) is 9.29. The molecule has 0 saturated carbocycles. The fourth-order valence-electron chi connectivity index (χ4n) is 7.15. The number of anilines is 3. The van der Waals surface area contributed by atoms with E-state index in [2.05, 4.69) is 163 Å². The molecule has 0 atom stereocenters. The predicted molar refractivity (Wildman–Crippen MR) is 202 cm³/mol. The lowest BCUT2D eigenvalue weighted by Gasteiger charge is -2.32. The van der Waals surface area contributed by atoms with E-state index in [1.54, 1.807) is 0 Å². The molecule has 0 spiro atoms. The molecule has 1 aliphatic rings. The Morgan fingerprint density at radius 3 is 1.94 bits per heavy atom. The van der Waals surface area contributed by atoms with Crippen molar-refractivity contribution >= 4 is 82.0 Å². The van der Waals surface area contributed by atoms with Gasteiger partial charge in [0.25, 0.3) is 0 Å². The number of benzene rings is 7. The van der Waals surface area contributed by atoms with Crippen molar-refractivity contribution in [3.63, 3.8) is 0 Å². The van der Waals surface area contributed by atoms with E-state index >= 15 is 0 Å². The molecule has 47 heavy (non-hydrogen) atoms. The maximum atomic E-state index is 5.18. The van der Waals surface area contributed by atoms with Crippen LogP contribution in [-0.2, 0) is 0 Å². The average Bonchev–Trinajstić information content (AvgIpc) is 3.53. The average molecular weight is 635 g/mol. The van der Waals surface area contributed by atoms with Crippen molar-refractivity contribution in [2.24, 2.45) is 0 Å². The SMILES string of the molecule is c1ccc(-c2nc3ccccc3c3c2ccc2sc4c(-c5ccc(N6c7ccccc7Sc7ccccc76)cc5)cccc4c23)cc1. The van der Waals surface area contributed by atoms with Crippen LogP contribution in [0.25, 0.3) is 64.2 Å². The molecule has 0 saturated heterocycles. The van der Waals surface area contributed by atoms with Gasteiger partial charge in [0.2, 0.25) is 0 Å². The molecule has 4 heteroatoms. The van der Waals surface area contributed by atoms with Crippen molar-refractivity contribution in [2.75, 3.05) is 4.90 Å². The van der Waals surface area contributed by atoms with E-state index < -0.39 is 0 Å². The molecule has 7 aromatic carbocycles. The van der Waals surface area contributed by atoms with Gasteiger partial charge in [-0.2, -0.15) is 0 Å². The molecule has 0 radical (unpaired) electrons. The van der Waals surface area contributed by atoms with Gasteiger partial charge in [0.15, 0.2) is 0 Å².